The maximum absolute atomic E-state index is 9.23. The highest BCUT2D eigenvalue weighted by Crippen LogP contribution is 2.15. The third-order valence-corrected chi connectivity index (χ3v) is 4.15. The van der Waals surface area contributed by atoms with E-state index in [0.717, 1.165) is 24.9 Å². The van der Waals surface area contributed by atoms with Crippen molar-refractivity contribution >= 4 is 11.3 Å². The molecule has 2 N–H and O–H groups in total. The Morgan fingerprint density at radius 2 is 2.10 bits per heavy atom. The van der Waals surface area contributed by atoms with E-state index in [0.29, 0.717) is 11.8 Å². The predicted octanol–water partition coefficient (Wildman–Crippen LogP) is 3.44. The fraction of sp³-hybridized carbons (Fsp3) is 0.312. The molecule has 0 fully saturated rings. The minimum Gasteiger partial charge on any atom is -0.508 e. The fourth-order valence-electron chi connectivity index (χ4n) is 1.95. The first-order valence-electron chi connectivity index (χ1n) is 6.66. The molecule has 0 spiro atoms. The second-order valence-corrected chi connectivity index (χ2v) is 5.90. The van der Waals surface area contributed by atoms with Gasteiger partial charge in [-0.2, -0.15) is 5.26 Å². The number of thiophene rings is 1. The molecular formula is C16H18N2OS. The number of nitrogens with zero attached hydrogens (tertiary/aromatic N) is 1. The number of rotatable bonds is 6. The maximum Gasteiger partial charge on any atom is 0.115 e. The van der Waals surface area contributed by atoms with Crippen LogP contribution in [0.15, 0.2) is 35.7 Å². The van der Waals surface area contributed by atoms with Gasteiger partial charge < -0.3 is 10.4 Å². The molecule has 104 valence electrons. The van der Waals surface area contributed by atoms with E-state index in [1.807, 2.05) is 23.6 Å². The lowest BCUT2D eigenvalue weighted by atomic mass is 10.1. The summed E-state index contributed by atoms with van der Waals surface area (Å²) in [6.07, 6.45) is 2.03. The van der Waals surface area contributed by atoms with E-state index >= 15 is 0 Å². The quantitative estimate of drug-likeness (QED) is 0.855. The molecule has 2 rings (SSSR count). The Hall–Kier alpha value is -1.83. The molecule has 20 heavy (non-hydrogen) atoms. The second-order valence-electron chi connectivity index (χ2n) is 4.90. The van der Waals surface area contributed by atoms with Gasteiger partial charge in [0, 0.05) is 22.8 Å². The van der Waals surface area contributed by atoms with Crippen LogP contribution in [-0.4, -0.2) is 11.1 Å². The fourth-order valence-corrected chi connectivity index (χ4v) is 2.72. The van der Waals surface area contributed by atoms with Crippen LogP contribution in [-0.2, 0) is 13.0 Å². The Morgan fingerprint density at radius 1 is 1.35 bits per heavy atom. The summed E-state index contributed by atoms with van der Waals surface area (Å²) in [5.74, 6) is 0.311. The van der Waals surface area contributed by atoms with Gasteiger partial charge in [-0.3, -0.25) is 0 Å². The van der Waals surface area contributed by atoms with E-state index in [2.05, 4.69) is 18.3 Å². The minimum absolute atomic E-state index is 0.311. The van der Waals surface area contributed by atoms with Crippen LogP contribution in [0.2, 0.25) is 0 Å². The summed E-state index contributed by atoms with van der Waals surface area (Å²) in [5.41, 5.74) is 1.97. The van der Waals surface area contributed by atoms with Crippen LogP contribution in [0.3, 0.4) is 0 Å². The predicted molar refractivity (Wildman–Crippen MR) is 81.8 cm³/mol. The molecule has 0 amide bonds. The standard InChI is InChI=1S/C16H18N2OS/c1-12(2-3-13-4-6-15(19)7-5-13)18-10-16-8-14(9-17)11-20-16/h4-8,11-12,18-19H,2-3,10H2,1H3. The Labute approximate surface area is 123 Å². The zero-order chi connectivity index (χ0) is 14.4. The molecule has 0 aliphatic heterocycles. The summed E-state index contributed by atoms with van der Waals surface area (Å²) in [5, 5.41) is 23.4. The molecular weight excluding hydrogens is 268 g/mol. The van der Waals surface area contributed by atoms with E-state index < -0.39 is 0 Å². The smallest absolute Gasteiger partial charge is 0.115 e. The monoisotopic (exact) mass is 286 g/mol. The van der Waals surface area contributed by atoms with Crippen molar-refractivity contribution in [2.45, 2.75) is 32.4 Å². The first-order chi connectivity index (χ1) is 9.67. The first-order valence-corrected chi connectivity index (χ1v) is 7.54. The van der Waals surface area contributed by atoms with E-state index in [1.165, 1.54) is 10.4 Å². The molecule has 0 aliphatic carbocycles. The molecule has 1 aromatic carbocycles. The van der Waals surface area contributed by atoms with E-state index in [1.54, 1.807) is 23.5 Å². The number of nitrogens with one attached hydrogen (secondary N) is 1. The number of phenols is 1. The average molecular weight is 286 g/mol. The van der Waals surface area contributed by atoms with Gasteiger partial charge in [0.2, 0.25) is 0 Å². The van der Waals surface area contributed by atoms with Gasteiger partial charge in [-0.1, -0.05) is 12.1 Å². The van der Waals surface area contributed by atoms with Crippen LogP contribution in [0.1, 0.15) is 29.3 Å². The molecule has 2 aromatic rings. The highest BCUT2D eigenvalue weighted by molar-refractivity contribution is 7.10. The third-order valence-electron chi connectivity index (χ3n) is 3.21. The number of hydrogen-bond acceptors (Lipinski definition) is 4. The first kappa shape index (κ1) is 14.6. The van der Waals surface area contributed by atoms with Crippen molar-refractivity contribution in [1.82, 2.24) is 5.32 Å². The molecule has 0 saturated carbocycles. The van der Waals surface area contributed by atoms with E-state index in [4.69, 9.17) is 5.26 Å². The van der Waals surface area contributed by atoms with Gasteiger partial charge in [0.1, 0.15) is 11.8 Å². The SMILES string of the molecule is CC(CCc1ccc(O)cc1)NCc1cc(C#N)cs1. The minimum atomic E-state index is 0.311. The number of aryl methyl sites for hydroxylation is 1. The summed E-state index contributed by atoms with van der Waals surface area (Å²) in [6.45, 7) is 2.97. The second kappa shape index (κ2) is 7.09. The van der Waals surface area contributed by atoms with Crippen LogP contribution in [0.25, 0.3) is 0 Å². The molecule has 1 unspecified atom stereocenters. The number of hydrogen-bond donors (Lipinski definition) is 2. The van der Waals surface area contributed by atoms with Crippen molar-refractivity contribution in [1.29, 1.82) is 5.26 Å². The van der Waals surface area contributed by atoms with Gasteiger partial charge in [0.15, 0.2) is 0 Å². The lowest BCUT2D eigenvalue weighted by Gasteiger charge is -2.13. The van der Waals surface area contributed by atoms with Gasteiger partial charge in [-0.25, -0.2) is 0 Å². The van der Waals surface area contributed by atoms with Gasteiger partial charge in [0.25, 0.3) is 0 Å². The van der Waals surface area contributed by atoms with Crippen LogP contribution in [0.5, 0.6) is 5.75 Å². The van der Waals surface area contributed by atoms with Crippen molar-refractivity contribution in [3.8, 4) is 11.8 Å². The molecule has 1 atom stereocenters. The topological polar surface area (TPSA) is 56.0 Å². The molecule has 0 aliphatic rings. The number of phenolic OH excluding ortho intramolecular Hbond substituents is 1. The van der Waals surface area contributed by atoms with Gasteiger partial charge in [-0.15, -0.1) is 11.3 Å². The third kappa shape index (κ3) is 4.37. The zero-order valence-electron chi connectivity index (χ0n) is 11.5. The summed E-state index contributed by atoms with van der Waals surface area (Å²) >= 11 is 1.62. The van der Waals surface area contributed by atoms with Gasteiger partial charge in [-0.05, 0) is 43.5 Å². The molecule has 0 bridgehead atoms. The normalized spacial score (nSPS) is 12.0. The van der Waals surface area contributed by atoms with Crippen LogP contribution in [0.4, 0.5) is 0 Å². The van der Waals surface area contributed by atoms with Crippen LogP contribution >= 0.6 is 11.3 Å². The molecule has 3 nitrogen and oxygen atoms in total. The van der Waals surface area contributed by atoms with Crippen molar-refractivity contribution in [2.75, 3.05) is 0 Å². The van der Waals surface area contributed by atoms with Gasteiger partial charge in [0.05, 0.1) is 5.56 Å². The number of aromatic hydroxyl groups is 1. The highest BCUT2D eigenvalue weighted by Gasteiger charge is 2.04. The number of nitriles is 1. The maximum atomic E-state index is 9.23. The van der Waals surface area contributed by atoms with Crippen LogP contribution in [0, 0.1) is 11.3 Å². The van der Waals surface area contributed by atoms with E-state index in [-0.39, 0.29) is 0 Å². The molecule has 1 aromatic heterocycles. The van der Waals surface area contributed by atoms with Crippen molar-refractivity contribution < 1.29 is 5.11 Å². The average Bonchev–Trinajstić information content (AvgIpc) is 2.92. The Kier molecular flexibility index (Phi) is 5.16. The van der Waals surface area contributed by atoms with E-state index in [9.17, 15) is 5.11 Å². The Bertz CT molecular complexity index is 583. The largest absolute Gasteiger partial charge is 0.508 e. The molecule has 4 heteroatoms. The Balaban J connectivity index is 1.74. The summed E-state index contributed by atoms with van der Waals surface area (Å²) in [7, 11) is 0. The van der Waals surface area contributed by atoms with Crippen LogP contribution < -0.4 is 5.32 Å². The lowest BCUT2D eigenvalue weighted by molar-refractivity contribution is 0.474. The highest BCUT2D eigenvalue weighted by atomic mass is 32.1. The van der Waals surface area contributed by atoms with Crippen molar-refractivity contribution in [3.05, 3.63) is 51.7 Å². The zero-order valence-corrected chi connectivity index (χ0v) is 12.3. The van der Waals surface area contributed by atoms with Gasteiger partial charge >= 0.3 is 0 Å². The summed E-state index contributed by atoms with van der Waals surface area (Å²) in [6, 6.07) is 11.9. The number of benzene rings is 1. The summed E-state index contributed by atoms with van der Waals surface area (Å²) in [4.78, 5) is 1.19. The van der Waals surface area contributed by atoms with Crippen molar-refractivity contribution in [2.24, 2.45) is 0 Å². The molecule has 1 heterocycles. The Morgan fingerprint density at radius 3 is 2.75 bits per heavy atom. The van der Waals surface area contributed by atoms with Crippen molar-refractivity contribution in [3.63, 3.8) is 0 Å². The molecule has 0 saturated heterocycles. The summed E-state index contributed by atoms with van der Waals surface area (Å²) < 4.78 is 0. The lowest BCUT2D eigenvalue weighted by Crippen LogP contribution is -2.25. The molecule has 0 radical (unpaired) electrons.